The van der Waals surface area contributed by atoms with Crippen LogP contribution in [0.2, 0.25) is 0 Å². The number of aromatic amines is 1. The van der Waals surface area contributed by atoms with Gasteiger partial charge in [-0.25, -0.2) is 15.0 Å². The first-order chi connectivity index (χ1) is 10.8. The summed E-state index contributed by atoms with van der Waals surface area (Å²) in [6, 6.07) is 6.45. The van der Waals surface area contributed by atoms with Crippen LogP contribution in [0, 0.1) is 0 Å². The fraction of sp³-hybridized carbons (Fsp3) is 0.188. The molecule has 6 nitrogen and oxygen atoms in total. The van der Waals surface area contributed by atoms with E-state index in [1.54, 1.807) is 12.5 Å². The minimum Gasteiger partial charge on any atom is -0.361 e. The second-order valence-corrected chi connectivity index (χ2v) is 5.34. The molecule has 0 saturated heterocycles. The molecule has 0 aliphatic heterocycles. The standard InChI is InChI=1S/C16H16N6/c17-4-3-12-6-19-14-2-1-11(5-13(12)14)8-22-10-21-15-7-18-9-20-16(15)22/h1-2,5-7,9-10,19H,3-4,8,17H2. The van der Waals surface area contributed by atoms with Gasteiger partial charge in [-0.05, 0) is 36.2 Å². The molecule has 6 heteroatoms. The number of aromatic nitrogens is 5. The van der Waals surface area contributed by atoms with E-state index >= 15 is 0 Å². The van der Waals surface area contributed by atoms with Crippen LogP contribution in [0.5, 0.6) is 0 Å². The Hall–Kier alpha value is -2.73. The van der Waals surface area contributed by atoms with Gasteiger partial charge in [-0.3, -0.25) is 0 Å². The zero-order valence-electron chi connectivity index (χ0n) is 12.0. The van der Waals surface area contributed by atoms with Gasteiger partial charge in [0.05, 0.1) is 19.1 Å². The number of nitrogens with two attached hydrogens (primary N) is 1. The lowest BCUT2D eigenvalue weighted by molar-refractivity contribution is 0.814. The number of rotatable bonds is 4. The number of fused-ring (bicyclic) bond motifs is 2. The molecule has 3 N–H and O–H groups in total. The summed E-state index contributed by atoms with van der Waals surface area (Å²) in [6.07, 6.45) is 8.01. The minimum atomic E-state index is 0.653. The number of hydrogen-bond acceptors (Lipinski definition) is 4. The summed E-state index contributed by atoms with van der Waals surface area (Å²) in [5.41, 5.74) is 11.0. The monoisotopic (exact) mass is 292 g/mol. The SMILES string of the molecule is NCCc1c[nH]c2ccc(Cn3cnc4cncnc43)cc12. The molecule has 0 fully saturated rings. The van der Waals surface area contributed by atoms with Gasteiger partial charge in [-0.1, -0.05) is 6.07 Å². The van der Waals surface area contributed by atoms with Gasteiger partial charge in [-0.15, -0.1) is 0 Å². The molecule has 4 rings (SSSR count). The van der Waals surface area contributed by atoms with Gasteiger partial charge in [-0.2, -0.15) is 0 Å². The molecule has 0 saturated carbocycles. The highest BCUT2D eigenvalue weighted by molar-refractivity contribution is 5.84. The van der Waals surface area contributed by atoms with Gasteiger partial charge < -0.3 is 15.3 Å². The average Bonchev–Trinajstić information content (AvgIpc) is 3.13. The first kappa shape index (κ1) is 13.0. The van der Waals surface area contributed by atoms with Gasteiger partial charge in [0.25, 0.3) is 0 Å². The van der Waals surface area contributed by atoms with E-state index < -0.39 is 0 Å². The number of nitrogens with zero attached hydrogens (tertiary/aromatic N) is 4. The molecule has 3 aromatic heterocycles. The predicted octanol–water partition coefficient (Wildman–Crippen LogP) is 1.86. The Morgan fingerprint density at radius 1 is 1.23 bits per heavy atom. The van der Waals surface area contributed by atoms with E-state index in [0.717, 1.165) is 29.6 Å². The topological polar surface area (TPSA) is 85.4 Å². The van der Waals surface area contributed by atoms with Crippen molar-refractivity contribution in [2.75, 3.05) is 6.54 Å². The summed E-state index contributed by atoms with van der Waals surface area (Å²) in [5.74, 6) is 0. The van der Waals surface area contributed by atoms with Crippen molar-refractivity contribution >= 4 is 22.1 Å². The normalized spacial score (nSPS) is 11.5. The molecule has 0 aliphatic carbocycles. The third-order valence-electron chi connectivity index (χ3n) is 3.88. The Kier molecular flexibility index (Phi) is 3.08. The van der Waals surface area contributed by atoms with E-state index in [2.05, 4.69) is 38.1 Å². The third kappa shape index (κ3) is 2.14. The molecule has 0 unspecified atom stereocenters. The maximum Gasteiger partial charge on any atom is 0.163 e. The molecule has 0 radical (unpaired) electrons. The van der Waals surface area contributed by atoms with Crippen molar-refractivity contribution in [2.24, 2.45) is 5.73 Å². The van der Waals surface area contributed by atoms with Crippen molar-refractivity contribution in [1.29, 1.82) is 0 Å². The number of hydrogen-bond donors (Lipinski definition) is 2. The summed E-state index contributed by atoms with van der Waals surface area (Å²) in [4.78, 5) is 15.9. The Bertz CT molecular complexity index is 936. The second-order valence-electron chi connectivity index (χ2n) is 5.34. The summed E-state index contributed by atoms with van der Waals surface area (Å²) in [5, 5.41) is 1.24. The van der Waals surface area contributed by atoms with E-state index in [1.165, 1.54) is 16.5 Å². The first-order valence-electron chi connectivity index (χ1n) is 7.25. The van der Waals surface area contributed by atoms with E-state index in [1.807, 2.05) is 17.1 Å². The van der Waals surface area contributed by atoms with Crippen molar-refractivity contribution < 1.29 is 0 Å². The first-order valence-corrected chi connectivity index (χ1v) is 7.25. The molecule has 0 bridgehead atoms. The Morgan fingerprint density at radius 2 is 2.18 bits per heavy atom. The molecule has 0 atom stereocenters. The lowest BCUT2D eigenvalue weighted by atomic mass is 10.1. The van der Waals surface area contributed by atoms with Gasteiger partial charge in [0.15, 0.2) is 5.65 Å². The Balaban J connectivity index is 1.73. The van der Waals surface area contributed by atoms with Crippen LogP contribution in [0.25, 0.3) is 22.1 Å². The number of nitrogens with one attached hydrogen (secondary N) is 1. The molecule has 1 aromatic carbocycles. The van der Waals surface area contributed by atoms with Crippen molar-refractivity contribution in [1.82, 2.24) is 24.5 Å². The minimum absolute atomic E-state index is 0.653. The quantitative estimate of drug-likeness (QED) is 0.601. The lowest BCUT2D eigenvalue weighted by Gasteiger charge is -2.05. The Labute approximate surface area is 127 Å². The molecule has 0 spiro atoms. The van der Waals surface area contributed by atoms with Crippen LogP contribution in [0.15, 0.2) is 43.2 Å². The summed E-state index contributed by atoms with van der Waals surface area (Å²) in [6.45, 7) is 1.39. The summed E-state index contributed by atoms with van der Waals surface area (Å²) >= 11 is 0. The Morgan fingerprint density at radius 3 is 3.09 bits per heavy atom. The van der Waals surface area contributed by atoms with Crippen LogP contribution in [0.3, 0.4) is 0 Å². The van der Waals surface area contributed by atoms with Crippen LogP contribution in [0.1, 0.15) is 11.1 Å². The largest absolute Gasteiger partial charge is 0.361 e. The van der Waals surface area contributed by atoms with Crippen LogP contribution in [0.4, 0.5) is 0 Å². The highest BCUT2D eigenvalue weighted by Gasteiger charge is 2.07. The van der Waals surface area contributed by atoms with Gasteiger partial charge >= 0.3 is 0 Å². The van der Waals surface area contributed by atoms with Crippen LogP contribution < -0.4 is 5.73 Å². The average molecular weight is 292 g/mol. The van der Waals surface area contributed by atoms with Crippen molar-refractivity contribution in [3.8, 4) is 0 Å². The van der Waals surface area contributed by atoms with Gasteiger partial charge in [0, 0.05) is 17.1 Å². The molecule has 22 heavy (non-hydrogen) atoms. The van der Waals surface area contributed by atoms with E-state index in [-0.39, 0.29) is 0 Å². The zero-order valence-corrected chi connectivity index (χ0v) is 12.0. The maximum absolute atomic E-state index is 5.68. The zero-order chi connectivity index (χ0) is 14.9. The smallest absolute Gasteiger partial charge is 0.163 e. The van der Waals surface area contributed by atoms with E-state index in [0.29, 0.717) is 6.54 Å². The molecular formula is C16H16N6. The predicted molar refractivity (Wildman–Crippen MR) is 85.5 cm³/mol. The van der Waals surface area contributed by atoms with Crippen molar-refractivity contribution in [2.45, 2.75) is 13.0 Å². The molecule has 3 heterocycles. The summed E-state index contributed by atoms with van der Waals surface area (Å²) < 4.78 is 2.04. The maximum atomic E-state index is 5.68. The van der Waals surface area contributed by atoms with Gasteiger partial charge in [0.1, 0.15) is 11.8 Å². The molecule has 0 amide bonds. The molecular weight excluding hydrogens is 276 g/mol. The van der Waals surface area contributed by atoms with Gasteiger partial charge in [0.2, 0.25) is 0 Å². The molecule has 110 valence electrons. The fourth-order valence-electron chi connectivity index (χ4n) is 2.81. The summed E-state index contributed by atoms with van der Waals surface area (Å²) in [7, 11) is 0. The van der Waals surface area contributed by atoms with Crippen LogP contribution >= 0.6 is 0 Å². The highest BCUT2D eigenvalue weighted by Crippen LogP contribution is 2.21. The number of imidazole rings is 1. The van der Waals surface area contributed by atoms with Crippen LogP contribution in [-0.4, -0.2) is 31.0 Å². The van der Waals surface area contributed by atoms with Crippen LogP contribution in [-0.2, 0) is 13.0 Å². The van der Waals surface area contributed by atoms with Crippen molar-refractivity contribution in [3.63, 3.8) is 0 Å². The van der Waals surface area contributed by atoms with Crippen molar-refractivity contribution in [3.05, 3.63) is 54.4 Å². The fourth-order valence-corrected chi connectivity index (χ4v) is 2.81. The lowest BCUT2D eigenvalue weighted by Crippen LogP contribution is -2.02. The number of benzene rings is 1. The molecule has 4 aromatic rings. The highest BCUT2D eigenvalue weighted by atomic mass is 15.1. The molecule has 0 aliphatic rings. The number of H-pyrrole nitrogens is 1. The second kappa shape index (κ2) is 5.23. The third-order valence-corrected chi connectivity index (χ3v) is 3.88. The van der Waals surface area contributed by atoms with E-state index in [4.69, 9.17) is 5.73 Å². The van der Waals surface area contributed by atoms with E-state index in [9.17, 15) is 0 Å².